The molecular formula is C16H15ClN2. The van der Waals surface area contributed by atoms with Gasteiger partial charge in [-0.1, -0.05) is 48.5 Å². The van der Waals surface area contributed by atoms with Crippen LogP contribution in [0.4, 0.5) is 5.69 Å². The molecule has 0 fully saturated rings. The molecule has 0 aromatic heterocycles. The van der Waals surface area contributed by atoms with Gasteiger partial charge in [-0.2, -0.15) is 0 Å². The molecule has 3 heteroatoms. The van der Waals surface area contributed by atoms with Crippen molar-refractivity contribution in [1.29, 1.82) is 0 Å². The normalized spacial score (nSPS) is 18.5. The monoisotopic (exact) mass is 270 g/mol. The van der Waals surface area contributed by atoms with Gasteiger partial charge in [0.25, 0.3) is 0 Å². The van der Waals surface area contributed by atoms with Crippen molar-refractivity contribution in [3.05, 3.63) is 65.7 Å². The van der Waals surface area contributed by atoms with E-state index in [1.54, 1.807) is 4.42 Å². The van der Waals surface area contributed by atoms with E-state index < -0.39 is 0 Å². The summed E-state index contributed by atoms with van der Waals surface area (Å²) in [5.41, 5.74) is 4.27. The number of rotatable bonds is 1. The summed E-state index contributed by atoms with van der Waals surface area (Å²) in [4.78, 5) is 4.83. The number of aliphatic imine (C=N–C) groups is 1. The maximum absolute atomic E-state index is 6.36. The zero-order chi connectivity index (χ0) is 13.2. The average Bonchev–Trinajstić information content (AvgIpc) is 2.57. The molecule has 1 aliphatic rings. The van der Waals surface area contributed by atoms with Crippen LogP contribution in [0.15, 0.2) is 59.6 Å². The summed E-state index contributed by atoms with van der Waals surface area (Å²) >= 11 is 6.36. The number of halogens is 1. The van der Waals surface area contributed by atoms with Gasteiger partial charge in [-0.25, -0.2) is 0 Å². The van der Waals surface area contributed by atoms with Crippen molar-refractivity contribution in [2.45, 2.75) is 13.0 Å². The quantitative estimate of drug-likeness (QED) is 0.718. The molecule has 1 heterocycles. The van der Waals surface area contributed by atoms with Crippen molar-refractivity contribution >= 4 is 23.2 Å². The highest BCUT2D eigenvalue weighted by atomic mass is 35.5. The molecule has 1 atom stereocenters. The Hall–Kier alpha value is -1.80. The lowest BCUT2D eigenvalue weighted by Crippen LogP contribution is -2.19. The molecule has 0 spiro atoms. The number of nitrogens with zero attached hydrogens (tertiary/aromatic N) is 2. The summed E-state index contributed by atoms with van der Waals surface area (Å²) in [6.07, 6.45) is 0. The van der Waals surface area contributed by atoms with Crippen LogP contribution in [0.1, 0.15) is 18.1 Å². The Balaban J connectivity index is 2.19. The summed E-state index contributed by atoms with van der Waals surface area (Å²) in [5, 5.41) is 0. The first-order chi connectivity index (χ1) is 9.25. The van der Waals surface area contributed by atoms with Crippen LogP contribution in [0.2, 0.25) is 0 Å². The molecule has 2 nitrogen and oxygen atoms in total. The van der Waals surface area contributed by atoms with Gasteiger partial charge in [0, 0.05) is 22.9 Å². The van der Waals surface area contributed by atoms with E-state index in [2.05, 4.69) is 25.1 Å². The molecule has 0 bridgehead atoms. The molecule has 1 unspecified atom stereocenters. The van der Waals surface area contributed by atoms with E-state index in [1.165, 1.54) is 0 Å². The van der Waals surface area contributed by atoms with Gasteiger partial charge in [-0.15, -0.1) is 0 Å². The second-order valence-corrected chi connectivity index (χ2v) is 5.16. The number of hydrogen-bond acceptors (Lipinski definition) is 2. The smallest absolute Gasteiger partial charge is 0.0744 e. The Labute approximate surface area is 118 Å². The fourth-order valence-electron chi connectivity index (χ4n) is 2.37. The summed E-state index contributed by atoms with van der Waals surface area (Å²) in [6.45, 7) is 2.80. The first kappa shape index (κ1) is 12.2. The van der Waals surface area contributed by atoms with Gasteiger partial charge in [-0.3, -0.25) is 9.41 Å². The van der Waals surface area contributed by atoms with Crippen molar-refractivity contribution in [3.63, 3.8) is 0 Å². The molecule has 0 radical (unpaired) electrons. The minimum atomic E-state index is 0.167. The van der Waals surface area contributed by atoms with Crippen LogP contribution in [0.25, 0.3) is 0 Å². The molecule has 0 saturated carbocycles. The van der Waals surface area contributed by atoms with E-state index in [0.29, 0.717) is 0 Å². The largest absolute Gasteiger partial charge is 0.282 e. The molecule has 0 aliphatic carbocycles. The number of benzodiazepines with no additional fused rings is 1. The highest BCUT2D eigenvalue weighted by Gasteiger charge is 2.21. The van der Waals surface area contributed by atoms with Gasteiger partial charge >= 0.3 is 0 Å². The molecule has 3 rings (SSSR count). The molecule has 1 aliphatic heterocycles. The fraction of sp³-hybridized carbons (Fsp3) is 0.188. The van der Waals surface area contributed by atoms with E-state index in [9.17, 15) is 0 Å². The van der Waals surface area contributed by atoms with Gasteiger partial charge < -0.3 is 0 Å². The van der Waals surface area contributed by atoms with Crippen LogP contribution < -0.4 is 4.42 Å². The lowest BCUT2D eigenvalue weighted by molar-refractivity contribution is 0.761. The first-order valence-electron chi connectivity index (χ1n) is 6.41. The van der Waals surface area contributed by atoms with Crippen LogP contribution in [0, 0.1) is 0 Å². The molecule has 0 amide bonds. The maximum atomic E-state index is 6.36. The van der Waals surface area contributed by atoms with Crippen LogP contribution in [-0.2, 0) is 0 Å². The Kier molecular flexibility index (Phi) is 3.26. The number of fused-ring (bicyclic) bond motifs is 1. The van der Waals surface area contributed by atoms with Gasteiger partial charge in [0.1, 0.15) is 0 Å². The SMILES string of the molecule is CC1CN(Cl)c2ccccc2C(c2ccccc2)=N1. The molecule has 0 saturated heterocycles. The Morgan fingerprint density at radius 3 is 2.53 bits per heavy atom. The maximum Gasteiger partial charge on any atom is 0.0744 e. The van der Waals surface area contributed by atoms with E-state index in [1.807, 2.05) is 36.4 Å². The van der Waals surface area contributed by atoms with Crippen molar-refractivity contribution < 1.29 is 0 Å². The van der Waals surface area contributed by atoms with Crippen molar-refractivity contribution in [3.8, 4) is 0 Å². The predicted molar refractivity (Wildman–Crippen MR) is 81.2 cm³/mol. The third-order valence-electron chi connectivity index (χ3n) is 3.24. The Bertz CT molecular complexity index is 607. The molecular weight excluding hydrogens is 256 g/mol. The third kappa shape index (κ3) is 2.36. The summed E-state index contributed by atoms with van der Waals surface area (Å²) in [7, 11) is 0. The lowest BCUT2D eigenvalue weighted by Gasteiger charge is -2.17. The Morgan fingerprint density at radius 1 is 1.05 bits per heavy atom. The third-order valence-corrected chi connectivity index (χ3v) is 3.56. The molecule has 0 N–H and O–H groups in total. The predicted octanol–water partition coefficient (Wildman–Crippen LogP) is 3.89. The van der Waals surface area contributed by atoms with Gasteiger partial charge in [0.15, 0.2) is 0 Å². The molecule has 19 heavy (non-hydrogen) atoms. The zero-order valence-electron chi connectivity index (χ0n) is 10.8. The van der Waals surface area contributed by atoms with Crippen molar-refractivity contribution in [2.75, 3.05) is 11.0 Å². The minimum absolute atomic E-state index is 0.167. The van der Waals surface area contributed by atoms with Gasteiger partial charge in [0.2, 0.25) is 0 Å². The summed E-state index contributed by atoms with van der Waals surface area (Å²) in [5.74, 6) is 0. The van der Waals surface area contributed by atoms with Crippen LogP contribution in [0.5, 0.6) is 0 Å². The number of hydrogen-bond donors (Lipinski definition) is 0. The molecule has 2 aromatic rings. The number of para-hydroxylation sites is 1. The van der Waals surface area contributed by atoms with E-state index in [0.717, 1.165) is 29.1 Å². The lowest BCUT2D eigenvalue weighted by atomic mass is 10.0. The highest BCUT2D eigenvalue weighted by molar-refractivity contribution is 6.28. The van der Waals surface area contributed by atoms with Crippen molar-refractivity contribution in [2.24, 2.45) is 4.99 Å². The second-order valence-electron chi connectivity index (χ2n) is 4.75. The fourth-order valence-corrected chi connectivity index (χ4v) is 2.72. The molecule has 96 valence electrons. The topological polar surface area (TPSA) is 15.6 Å². The van der Waals surface area contributed by atoms with Crippen LogP contribution >= 0.6 is 11.8 Å². The van der Waals surface area contributed by atoms with Gasteiger partial charge in [0.05, 0.1) is 24.0 Å². The van der Waals surface area contributed by atoms with E-state index >= 15 is 0 Å². The standard InChI is InChI=1S/C16H15ClN2/c1-12-11-19(17)15-10-6-5-9-14(15)16(18-12)13-7-3-2-4-8-13/h2-10,12H,11H2,1H3. The highest BCUT2D eigenvalue weighted by Crippen LogP contribution is 2.28. The number of anilines is 1. The summed E-state index contributed by atoms with van der Waals surface area (Å²) in [6, 6.07) is 18.6. The van der Waals surface area contributed by atoms with E-state index in [-0.39, 0.29) is 6.04 Å². The van der Waals surface area contributed by atoms with Crippen LogP contribution in [-0.4, -0.2) is 18.3 Å². The number of benzene rings is 2. The Morgan fingerprint density at radius 2 is 1.74 bits per heavy atom. The van der Waals surface area contributed by atoms with Crippen molar-refractivity contribution in [1.82, 2.24) is 0 Å². The minimum Gasteiger partial charge on any atom is -0.282 e. The van der Waals surface area contributed by atoms with Gasteiger partial charge in [-0.05, 0) is 13.0 Å². The average molecular weight is 271 g/mol. The van der Waals surface area contributed by atoms with E-state index in [4.69, 9.17) is 16.8 Å². The summed E-state index contributed by atoms with van der Waals surface area (Å²) < 4.78 is 1.76. The zero-order valence-corrected chi connectivity index (χ0v) is 11.5. The second kappa shape index (κ2) is 5.06. The van der Waals surface area contributed by atoms with Crippen LogP contribution in [0.3, 0.4) is 0 Å². The first-order valence-corrected chi connectivity index (χ1v) is 6.75. The molecule has 2 aromatic carbocycles.